The Morgan fingerprint density at radius 1 is 0.929 bits per heavy atom. The first-order valence-corrected chi connectivity index (χ1v) is 4.85. The topological polar surface area (TPSA) is 46.2 Å². The molecule has 0 unspecified atom stereocenters. The summed E-state index contributed by atoms with van der Waals surface area (Å²) < 4.78 is 25.2. The number of hydrogen-bond donors (Lipinski definition) is 0. The van der Waals surface area contributed by atoms with Crippen molar-refractivity contribution in [3.05, 3.63) is 0 Å². The first-order chi connectivity index (χ1) is 6.85. The van der Waals surface area contributed by atoms with Crippen molar-refractivity contribution < 1.29 is 22.7 Å². The summed E-state index contributed by atoms with van der Waals surface area (Å²) in [5.41, 5.74) is 0. The van der Waals surface area contributed by atoms with E-state index in [1.807, 2.05) is 0 Å². The van der Waals surface area contributed by atoms with Crippen LogP contribution in [0.2, 0.25) is 0 Å². The third-order valence-corrected chi connectivity index (χ3v) is 1.61. The molecule has 0 fully saturated rings. The number of hydrogen-bond acceptors (Lipinski definition) is 5. The van der Waals surface area contributed by atoms with Crippen LogP contribution < -0.4 is 0 Å². The molecule has 5 nitrogen and oxygen atoms in total. The second-order valence-corrected chi connectivity index (χ2v) is 2.82. The third-order valence-electron chi connectivity index (χ3n) is 1.41. The summed E-state index contributed by atoms with van der Waals surface area (Å²) in [4.78, 5) is 0. The summed E-state index contributed by atoms with van der Waals surface area (Å²) in [6.07, 6.45) is -0.363. The standard InChI is InChI=1S/C8H17O5.Al/c1-10-3-5-12-8(7-9)13-6-4-11-2;/h8H,3-7H2,1-2H3;/q-1;+3. The van der Waals surface area contributed by atoms with Crippen LogP contribution in [0.15, 0.2) is 0 Å². The maximum atomic E-state index is 5.33. The Morgan fingerprint density at radius 2 is 1.43 bits per heavy atom. The summed E-state index contributed by atoms with van der Waals surface area (Å²) in [5.74, 6) is 0. The van der Waals surface area contributed by atoms with E-state index in [-0.39, 0.29) is 6.29 Å². The van der Waals surface area contributed by atoms with Gasteiger partial charge >= 0.3 is 92.9 Å². The number of rotatable bonds is 10. The fourth-order valence-electron chi connectivity index (χ4n) is 0.749. The van der Waals surface area contributed by atoms with Crippen LogP contribution in [-0.2, 0) is 22.7 Å². The second kappa shape index (κ2) is 11.4. The zero-order valence-corrected chi connectivity index (χ0v) is 9.89. The average Bonchev–Trinajstić information content (AvgIpc) is 2.18. The van der Waals surface area contributed by atoms with Crippen LogP contribution in [0, 0.1) is 0 Å². The van der Waals surface area contributed by atoms with Crippen molar-refractivity contribution in [2.45, 2.75) is 6.29 Å². The van der Waals surface area contributed by atoms with E-state index in [1.54, 1.807) is 14.2 Å². The molecule has 0 aliphatic carbocycles. The molecule has 0 rings (SSSR count). The van der Waals surface area contributed by atoms with Crippen molar-refractivity contribution in [2.75, 3.05) is 47.3 Å². The van der Waals surface area contributed by atoms with Gasteiger partial charge in [-0.3, -0.25) is 0 Å². The van der Waals surface area contributed by atoms with Crippen molar-refractivity contribution in [3.8, 4) is 0 Å². The van der Waals surface area contributed by atoms with E-state index in [1.165, 1.54) is 0 Å². The van der Waals surface area contributed by atoms with Crippen molar-refractivity contribution in [1.82, 2.24) is 0 Å². The molecular formula is C8H17AlO5+2. The Kier molecular flexibility index (Phi) is 11.7. The van der Waals surface area contributed by atoms with Crippen LogP contribution in [0.25, 0.3) is 0 Å². The van der Waals surface area contributed by atoms with Crippen molar-refractivity contribution >= 4 is 16.6 Å². The van der Waals surface area contributed by atoms with Gasteiger partial charge in [0, 0.05) is 0 Å². The zero-order chi connectivity index (χ0) is 10.6. The second-order valence-electron chi connectivity index (χ2n) is 2.49. The minimum atomic E-state index is -0.363. The molecule has 0 spiro atoms. The maximum absolute atomic E-state index is 5.33. The molecule has 0 saturated carbocycles. The van der Waals surface area contributed by atoms with E-state index in [0.29, 0.717) is 33.0 Å². The molecule has 0 heterocycles. The van der Waals surface area contributed by atoms with Gasteiger partial charge in [-0.05, 0) is 0 Å². The Balaban J connectivity index is 3.44. The molecule has 6 heteroatoms. The van der Waals surface area contributed by atoms with Crippen LogP contribution in [0.4, 0.5) is 0 Å². The van der Waals surface area contributed by atoms with Crippen molar-refractivity contribution in [2.24, 2.45) is 0 Å². The SMILES string of the molecule is COCCOC(C[O][Al+2])OCCOC. The van der Waals surface area contributed by atoms with Crippen LogP contribution >= 0.6 is 0 Å². The number of ether oxygens (including phenoxy) is 4. The Labute approximate surface area is 93.4 Å². The van der Waals surface area contributed by atoms with Gasteiger partial charge in [-0.1, -0.05) is 0 Å². The van der Waals surface area contributed by atoms with Gasteiger partial charge < -0.3 is 0 Å². The van der Waals surface area contributed by atoms with Crippen LogP contribution in [-0.4, -0.2) is 70.2 Å². The molecular weight excluding hydrogens is 203 g/mol. The molecule has 14 heavy (non-hydrogen) atoms. The van der Waals surface area contributed by atoms with E-state index in [4.69, 9.17) is 22.7 Å². The van der Waals surface area contributed by atoms with Gasteiger partial charge in [0.05, 0.1) is 0 Å². The summed E-state index contributed by atoms with van der Waals surface area (Å²) in [6, 6.07) is 0. The monoisotopic (exact) mass is 220 g/mol. The van der Waals surface area contributed by atoms with Gasteiger partial charge in [0.2, 0.25) is 0 Å². The molecule has 0 atom stereocenters. The summed E-state index contributed by atoms with van der Waals surface area (Å²) in [5, 5.41) is 0. The first kappa shape index (κ1) is 14.3. The van der Waals surface area contributed by atoms with Gasteiger partial charge in [0.25, 0.3) is 0 Å². The van der Waals surface area contributed by atoms with Gasteiger partial charge in [-0.15, -0.1) is 0 Å². The normalized spacial score (nSPS) is 11.2. The minimum absolute atomic E-state index is 0.363. The molecule has 80 valence electrons. The van der Waals surface area contributed by atoms with Gasteiger partial charge in [-0.2, -0.15) is 0 Å². The summed E-state index contributed by atoms with van der Waals surface area (Å²) in [7, 11) is 3.24. The first-order valence-electron chi connectivity index (χ1n) is 4.38. The van der Waals surface area contributed by atoms with Crippen molar-refractivity contribution in [1.29, 1.82) is 0 Å². The molecule has 0 saturated heterocycles. The van der Waals surface area contributed by atoms with E-state index in [9.17, 15) is 0 Å². The Bertz CT molecular complexity index is 104. The number of methoxy groups -OCH3 is 2. The van der Waals surface area contributed by atoms with Crippen LogP contribution in [0.1, 0.15) is 0 Å². The van der Waals surface area contributed by atoms with Crippen molar-refractivity contribution in [3.63, 3.8) is 0 Å². The molecule has 0 radical (unpaired) electrons. The molecule has 0 aromatic heterocycles. The van der Waals surface area contributed by atoms with E-state index in [2.05, 4.69) is 16.6 Å². The van der Waals surface area contributed by atoms with E-state index < -0.39 is 0 Å². The van der Waals surface area contributed by atoms with Crippen LogP contribution in [0.3, 0.4) is 0 Å². The van der Waals surface area contributed by atoms with E-state index >= 15 is 0 Å². The quantitative estimate of drug-likeness (QED) is 0.288. The fourth-order valence-corrected chi connectivity index (χ4v) is 0.906. The van der Waals surface area contributed by atoms with E-state index in [0.717, 1.165) is 0 Å². The zero-order valence-electron chi connectivity index (χ0n) is 8.73. The van der Waals surface area contributed by atoms with Gasteiger partial charge in [0.1, 0.15) is 0 Å². The van der Waals surface area contributed by atoms with Gasteiger partial charge in [-0.25, -0.2) is 0 Å². The molecule has 0 aliphatic heterocycles. The molecule has 0 aliphatic rings. The predicted octanol–water partition coefficient (Wildman–Crippen LogP) is -0.261. The fraction of sp³-hybridized carbons (Fsp3) is 1.00. The summed E-state index contributed by atoms with van der Waals surface area (Å²) >= 11 is 2.16. The summed E-state index contributed by atoms with van der Waals surface area (Å²) in [6.45, 7) is 2.43. The molecule has 0 aromatic rings. The van der Waals surface area contributed by atoms with Crippen LogP contribution in [0.5, 0.6) is 0 Å². The average molecular weight is 220 g/mol. The Hall–Kier alpha value is 0.332. The third kappa shape index (κ3) is 8.91. The van der Waals surface area contributed by atoms with Gasteiger partial charge in [0.15, 0.2) is 0 Å². The predicted molar refractivity (Wildman–Crippen MR) is 51.2 cm³/mol. The molecule has 0 amide bonds. The molecule has 0 bridgehead atoms. The molecule has 0 N–H and O–H groups in total. The Morgan fingerprint density at radius 3 is 1.79 bits per heavy atom. The molecule has 0 aromatic carbocycles.